The number of halogens is 1. The second-order valence-corrected chi connectivity index (χ2v) is 15.1. The monoisotopic (exact) mass is 686 g/mol. The number of ether oxygens (including phenoxy) is 2. The normalized spacial score (nSPS) is 19.6. The maximum atomic E-state index is 12.9. The fourth-order valence-electron chi connectivity index (χ4n) is 8.67. The summed E-state index contributed by atoms with van der Waals surface area (Å²) in [5, 5.41) is 6.81. The number of benzene rings is 1. The molecule has 2 saturated heterocycles. The van der Waals surface area contributed by atoms with Crippen molar-refractivity contribution in [1.29, 1.82) is 0 Å². The van der Waals surface area contributed by atoms with Crippen LogP contribution in [0.3, 0.4) is 0 Å². The lowest BCUT2D eigenvalue weighted by atomic mass is 9.83. The van der Waals surface area contributed by atoms with Crippen LogP contribution in [0.5, 0.6) is 0 Å². The Labute approximate surface area is 293 Å². The van der Waals surface area contributed by atoms with Gasteiger partial charge in [-0.3, -0.25) is 14.6 Å². The number of fused-ring (bicyclic) bond motifs is 10. The van der Waals surface area contributed by atoms with Gasteiger partial charge in [0.2, 0.25) is 0 Å². The number of hydrogen-bond acceptors (Lipinski definition) is 6. The van der Waals surface area contributed by atoms with Crippen LogP contribution in [-0.4, -0.2) is 69.3 Å². The first-order valence-corrected chi connectivity index (χ1v) is 17.6. The SMILES string of the molecule is Cc1cccc(-c2cc3c(cn2)CCc2c-3[nH]c3c2C(=O)NC2(COC2)C3)c1.O=C1NC2(COC2)Cc2[nH]c3c(c21)CCc1cnc(Cl)cc1-3. The summed E-state index contributed by atoms with van der Waals surface area (Å²) in [6, 6.07) is 12.5. The van der Waals surface area contributed by atoms with E-state index in [1.54, 1.807) is 0 Å². The molecule has 6 aliphatic rings. The second kappa shape index (κ2) is 10.9. The van der Waals surface area contributed by atoms with Gasteiger partial charge in [0, 0.05) is 53.3 Å². The molecule has 50 heavy (non-hydrogen) atoms. The van der Waals surface area contributed by atoms with Gasteiger partial charge in [0.25, 0.3) is 11.8 Å². The molecular weight excluding hydrogens is 652 g/mol. The number of amides is 2. The van der Waals surface area contributed by atoms with Gasteiger partial charge in [-0.2, -0.15) is 0 Å². The van der Waals surface area contributed by atoms with Crippen molar-refractivity contribution in [2.24, 2.45) is 0 Å². The molecule has 1 aromatic carbocycles. The molecule has 11 rings (SSSR count). The van der Waals surface area contributed by atoms with Gasteiger partial charge in [-0.25, -0.2) is 4.98 Å². The molecule has 2 aliphatic carbocycles. The van der Waals surface area contributed by atoms with Gasteiger partial charge in [0.1, 0.15) is 5.15 Å². The van der Waals surface area contributed by atoms with Crippen molar-refractivity contribution < 1.29 is 19.1 Å². The molecule has 8 heterocycles. The minimum atomic E-state index is -0.217. The highest BCUT2D eigenvalue weighted by atomic mass is 35.5. The summed E-state index contributed by atoms with van der Waals surface area (Å²) >= 11 is 6.05. The third-order valence-electron chi connectivity index (χ3n) is 11.2. The molecule has 4 aromatic heterocycles. The Kier molecular flexibility index (Phi) is 6.54. The van der Waals surface area contributed by atoms with Crippen molar-refractivity contribution in [2.45, 2.75) is 56.5 Å². The number of nitrogens with one attached hydrogen (secondary N) is 4. The Morgan fingerprint density at radius 1 is 0.720 bits per heavy atom. The largest absolute Gasteiger partial charge is 0.376 e. The van der Waals surface area contributed by atoms with Crippen molar-refractivity contribution in [1.82, 2.24) is 30.6 Å². The van der Waals surface area contributed by atoms with E-state index in [2.05, 4.69) is 62.8 Å². The Morgan fingerprint density at radius 2 is 1.28 bits per heavy atom. The summed E-state index contributed by atoms with van der Waals surface area (Å²) < 4.78 is 10.7. The number of pyridine rings is 2. The van der Waals surface area contributed by atoms with Crippen LogP contribution in [0.25, 0.3) is 33.8 Å². The van der Waals surface area contributed by atoms with Crippen LogP contribution in [0.2, 0.25) is 5.15 Å². The van der Waals surface area contributed by atoms with Gasteiger partial charge >= 0.3 is 0 Å². The molecule has 11 heteroatoms. The molecule has 0 radical (unpaired) electrons. The van der Waals surface area contributed by atoms with Gasteiger partial charge in [-0.15, -0.1) is 0 Å². The predicted octanol–water partition coefficient (Wildman–Crippen LogP) is 5.09. The molecule has 5 aromatic rings. The zero-order valence-corrected chi connectivity index (χ0v) is 28.4. The van der Waals surface area contributed by atoms with E-state index in [-0.39, 0.29) is 22.9 Å². The molecule has 252 valence electrons. The summed E-state index contributed by atoms with van der Waals surface area (Å²) in [4.78, 5) is 41.4. The average Bonchev–Trinajstić information content (AvgIpc) is 3.66. The highest BCUT2D eigenvalue weighted by Crippen LogP contribution is 2.42. The van der Waals surface area contributed by atoms with E-state index in [1.165, 1.54) is 22.3 Å². The standard InChI is InChI=1S/C23H21N3O2.C16H14ClN3O2/c1-13-3-2-4-14(7-13)18-8-17-15(10-24-18)5-6-16-20-19(25-21(16)17)9-23(11-28-12-23)26-22(20)27;17-12-3-10-8(5-18-12)1-2-9-13-11(19-14(9)10)4-16(6-22-7-16)20-15(13)21/h2-4,7-8,10,25H,5-6,9,11-12H2,1H3,(H,26,27);3,5,19H,1-2,4,6-7H2,(H,20,21). The van der Waals surface area contributed by atoms with Crippen molar-refractivity contribution in [2.75, 3.05) is 26.4 Å². The van der Waals surface area contributed by atoms with Gasteiger partial charge in [0.15, 0.2) is 0 Å². The van der Waals surface area contributed by atoms with Gasteiger partial charge in [-0.05, 0) is 73.1 Å². The molecular formula is C39H35ClN6O4. The number of aromatic amines is 2. The lowest BCUT2D eigenvalue weighted by Gasteiger charge is -2.44. The Bertz CT molecular complexity index is 2280. The number of carbonyl (C=O) groups excluding carboxylic acids is 2. The minimum Gasteiger partial charge on any atom is -0.376 e. The molecule has 0 atom stereocenters. The number of rotatable bonds is 1. The number of hydrogen-bond donors (Lipinski definition) is 4. The molecule has 10 nitrogen and oxygen atoms in total. The van der Waals surface area contributed by atoms with Gasteiger partial charge < -0.3 is 30.1 Å². The van der Waals surface area contributed by atoms with Crippen LogP contribution in [0.1, 0.15) is 59.9 Å². The number of H-pyrrole nitrogens is 2. The zero-order valence-electron chi connectivity index (χ0n) is 27.6. The highest BCUT2D eigenvalue weighted by Gasteiger charge is 2.47. The average molecular weight is 687 g/mol. The second-order valence-electron chi connectivity index (χ2n) is 14.7. The molecule has 4 N–H and O–H groups in total. The van der Waals surface area contributed by atoms with Gasteiger partial charge in [0.05, 0.1) is 65.7 Å². The summed E-state index contributed by atoms with van der Waals surface area (Å²) in [5.74, 6) is 0.0594. The van der Waals surface area contributed by atoms with Crippen LogP contribution in [0.4, 0.5) is 0 Å². The Hall–Kier alpha value is -4.77. The predicted molar refractivity (Wildman–Crippen MR) is 187 cm³/mol. The minimum absolute atomic E-state index is 0.0191. The van der Waals surface area contributed by atoms with E-state index in [9.17, 15) is 9.59 Å². The van der Waals surface area contributed by atoms with E-state index in [0.29, 0.717) is 31.6 Å². The van der Waals surface area contributed by atoms with Crippen molar-refractivity contribution in [3.63, 3.8) is 0 Å². The first-order chi connectivity index (χ1) is 24.3. The van der Waals surface area contributed by atoms with E-state index in [4.69, 9.17) is 26.1 Å². The van der Waals surface area contributed by atoms with E-state index in [1.807, 2.05) is 18.5 Å². The summed E-state index contributed by atoms with van der Waals surface area (Å²) in [5.41, 5.74) is 15.7. The fraction of sp³-hybridized carbons (Fsp3) is 0.333. The third-order valence-corrected chi connectivity index (χ3v) is 11.4. The first-order valence-electron chi connectivity index (χ1n) is 17.3. The number of nitrogens with zero attached hydrogens (tertiary/aromatic N) is 2. The molecule has 0 unspecified atom stereocenters. The molecule has 2 spiro atoms. The van der Waals surface area contributed by atoms with E-state index >= 15 is 0 Å². The molecule has 4 aliphatic heterocycles. The summed E-state index contributed by atoms with van der Waals surface area (Å²) in [6.45, 7) is 4.47. The fourth-order valence-corrected chi connectivity index (χ4v) is 8.83. The number of aryl methyl sites for hydroxylation is 3. The van der Waals surface area contributed by atoms with Crippen LogP contribution < -0.4 is 10.6 Å². The van der Waals surface area contributed by atoms with Crippen LogP contribution >= 0.6 is 11.6 Å². The van der Waals surface area contributed by atoms with Crippen molar-refractivity contribution in [3.05, 3.63) is 104 Å². The maximum absolute atomic E-state index is 12.9. The van der Waals surface area contributed by atoms with Crippen LogP contribution in [-0.2, 0) is 48.0 Å². The Morgan fingerprint density at radius 3 is 1.82 bits per heavy atom. The third kappa shape index (κ3) is 4.62. The lowest BCUT2D eigenvalue weighted by molar-refractivity contribution is -0.0714. The topological polar surface area (TPSA) is 134 Å². The van der Waals surface area contributed by atoms with Crippen molar-refractivity contribution in [3.8, 4) is 33.8 Å². The van der Waals surface area contributed by atoms with Crippen LogP contribution in [0.15, 0.2) is 48.8 Å². The maximum Gasteiger partial charge on any atom is 0.254 e. The number of aromatic nitrogens is 4. The summed E-state index contributed by atoms with van der Waals surface area (Å²) in [6.07, 6.45) is 8.97. The molecule has 0 bridgehead atoms. The summed E-state index contributed by atoms with van der Waals surface area (Å²) in [7, 11) is 0. The number of carbonyl (C=O) groups is 2. The smallest absolute Gasteiger partial charge is 0.254 e. The first kappa shape index (κ1) is 30.1. The molecule has 2 fully saturated rings. The van der Waals surface area contributed by atoms with Crippen LogP contribution in [0, 0.1) is 6.92 Å². The van der Waals surface area contributed by atoms with Crippen molar-refractivity contribution >= 4 is 23.4 Å². The Balaban J connectivity index is 0.000000130. The highest BCUT2D eigenvalue weighted by molar-refractivity contribution is 6.29. The molecule has 0 saturated carbocycles. The van der Waals surface area contributed by atoms with E-state index < -0.39 is 0 Å². The molecule has 2 amide bonds. The quantitative estimate of drug-likeness (QED) is 0.182. The lowest BCUT2D eigenvalue weighted by Crippen LogP contribution is -2.65. The zero-order chi connectivity index (χ0) is 33.8. The van der Waals surface area contributed by atoms with Gasteiger partial charge in [-0.1, -0.05) is 35.4 Å². The van der Waals surface area contributed by atoms with E-state index in [0.717, 1.165) is 100 Å².